The summed E-state index contributed by atoms with van der Waals surface area (Å²) in [7, 11) is -4.84. The van der Waals surface area contributed by atoms with E-state index in [0.29, 0.717) is 0 Å². The first-order valence-corrected chi connectivity index (χ1v) is 8.42. The van der Waals surface area contributed by atoms with Crippen LogP contribution in [0.3, 0.4) is 0 Å². The van der Waals surface area contributed by atoms with Crippen molar-refractivity contribution in [3.63, 3.8) is 0 Å². The first kappa shape index (κ1) is 19.7. The van der Waals surface area contributed by atoms with Crippen molar-refractivity contribution in [2.24, 2.45) is 0 Å². The molecule has 0 saturated carbocycles. The molecule has 5 N–H and O–H groups in total. The molecule has 0 aromatic heterocycles. The molecule has 12 nitrogen and oxygen atoms in total. The summed E-state index contributed by atoms with van der Waals surface area (Å²) in [6.45, 7) is -0.769. The van der Waals surface area contributed by atoms with Crippen LogP contribution in [0.4, 0.5) is 5.69 Å². The van der Waals surface area contributed by atoms with E-state index in [1.165, 1.54) is 12.1 Å². The van der Waals surface area contributed by atoms with Crippen LogP contribution < -0.4 is 4.74 Å². The van der Waals surface area contributed by atoms with E-state index in [1.807, 2.05) is 0 Å². The van der Waals surface area contributed by atoms with Crippen LogP contribution in [0.5, 0.6) is 5.75 Å². The molecule has 1 aromatic carbocycles. The lowest BCUT2D eigenvalue weighted by molar-refractivity contribution is -0.384. The Morgan fingerprint density at radius 3 is 2.24 bits per heavy atom. The van der Waals surface area contributed by atoms with Crippen LogP contribution in [0.2, 0.25) is 0 Å². The van der Waals surface area contributed by atoms with Gasteiger partial charge in [-0.25, -0.2) is 4.57 Å². The second-order valence-electron chi connectivity index (χ2n) is 5.17. The zero-order valence-electron chi connectivity index (χ0n) is 12.5. The van der Waals surface area contributed by atoms with E-state index in [2.05, 4.69) is 4.52 Å². The number of nitro groups is 1. The van der Waals surface area contributed by atoms with Crippen molar-refractivity contribution in [1.82, 2.24) is 0 Å². The molecule has 1 aromatic rings. The van der Waals surface area contributed by atoms with Crippen LogP contribution >= 0.6 is 7.82 Å². The van der Waals surface area contributed by atoms with Gasteiger partial charge in [0.2, 0.25) is 6.29 Å². The van der Waals surface area contributed by atoms with Gasteiger partial charge in [-0.1, -0.05) is 0 Å². The number of hydrogen-bond donors (Lipinski definition) is 5. The number of ether oxygens (including phenoxy) is 2. The quantitative estimate of drug-likeness (QED) is 0.228. The Labute approximate surface area is 140 Å². The molecular weight excluding hydrogens is 365 g/mol. The monoisotopic (exact) mass is 381 g/mol. The normalized spacial score (nSPS) is 30.0. The third-order valence-electron chi connectivity index (χ3n) is 3.38. The number of rotatable bonds is 6. The Bertz CT molecular complexity index is 647. The fourth-order valence-corrected chi connectivity index (χ4v) is 2.44. The average Bonchev–Trinajstić information content (AvgIpc) is 2.54. The smallest absolute Gasteiger partial charge is 0.462 e. The summed E-state index contributed by atoms with van der Waals surface area (Å²) in [5.41, 5.74) is -0.194. The highest BCUT2D eigenvalue weighted by atomic mass is 31.2. The molecule has 0 bridgehead atoms. The molecular formula is C12H16NO11P. The van der Waals surface area contributed by atoms with Gasteiger partial charge < -0.3 is 34.6 Å². The van der Waals surface area contributed by atoms with Crippen molar-refractivity contribution in [2.45, 2.75) is 30.7 Å². The highest BCUT2D eigenvalue weighted by Crippen LogP contribution is 2.37. The van der Waals surface area contributed by atoms with Gasteiger partial charge in [-0.2, -0.15) is 0 Å². The summed E-state index contributed by atoms with van der Waals surface area (Å²) >= 11 is 0. The number of hydrogen-bond acceptors (Lipinski definition) is 9. The van der Waals surface area contributed by atoms with Gasteiger partial charge >= 0.3 is 7.82 Å². The third-order valence-corrected chi connectivity index (χ3v) is 3.86. The molecule has 0 aliphatic carbocycles. The van der Waals surface area contributed by atoms with Crippen LogP contribution in [0.25, 0.3) is 0 Å². The predicted octanol–water partition coefficient (Wildman–Crippen LogP) is -1.11. The fourth-order valence-electron chi connectivity index (χ4n) is 2.10. The third kappa shape index (κ3) is 5.17. The lowest BCUT2D eigenvalue weighted by Gasteiger charge is -2.40. The SMILES string of the molecule is O=[N+]([O-])c1ccc(OC2O[C@H](COP(=O)(O)O)[C@@H](O)[C@H](O)[C@H]2O)cc1. The number of aliphatic hydroxyl groups excluding tert-OH is 3. The molecule has 0 amide bonds. The van der Waals surface area contributed by atoms with Gasteiger partial charge in [0.05, 0.1) is 11.5 Å². The molecule has 1 heterocycles. The van der Waals surface area contributed by atoms with Crippen LogP contribution in [-0.2, 0) is 13.8 Å². The van der Waals surface area contributed by atoms with Gasteiger partial charge in [0.25, 0.3) is 5.69 Å². The molecule has 0 spiro atoms. The van der Waals surface area contributed by atoms with Gasteiger partial charge in [0.1, 0.15) is 30.2 Å². The van der Waals surface area contributed by atoms with E-state index in [9.17, 15) is 30.0 Å². The molecule has 140 valence electrons. The van der Waals surface area contributed by atoms with Crippen molar-refractivity contribution in [3.05, 3.63) is 34.4 Å². The lowest BCUT2D eigenvalue weighted by atomic mass is 9.99. The molecule has 1 aliphatic rings. The zero-order chi connectivity index (χ0) is 18.8. The van der Waals surface area contributed by atoms with Gasteiger partial charge in [0.15, 0.2) is 0 Å². The predicted molar refractivity (Wildman–Crippen MR) is 78.4 cm³/mol. The van der Waals surface area contributed by atoms with E-state index in [0.717, 1.165) is 12.1 Å². The molecule has 1 saturated heterocycles. The maximum absolute atomic E-state index is 10.7. The van der Waals surface area contributed by atoms with Crippen molar-refractivity contribution >= 4 is 13.5 Å². The van der Waals surface area contributed by atoms with E-state index in [-0.39, 0.29) is 11.4 Å². The first-order chi connectivity index (χ1) is 11.6. The summed E-state index contributed by atoms with van der Waals surface area (Å²) in [6.07, 6.45) is -8.00. The lowest BCUT2D eigenvalue weighted by Crippen LogP contribution is -2.60. The molecule has 13 heteroatoms. The maximum Gasteiger partial charge on any atom is 0.469 e. The zero-order valence-corrected chi connectivity index (χ0v) is 13.4. The molecule has 1 unspecified atom stereocenters. The molecule has 1 aliphatic heterocycles. The van der Waals surface area contributed by atoms with Gasteiger partial charge in [-0.15, -0.1) is 0 Å². The summed E-state index contributed by atoms with van der Waals surface area (Å²) in [5, 5.41) is 40.1. The standard InChI is InChI=1S/C12H16NO11P/c14-9-8(5-22-25(19,20)21)24-12(11(16)10(9)15)23-7-3-1-6(2-4-7)13(17)18/h1-4,8-12,14-16H,5H2,(H2,19,20,21)/t8-,9-,10+,11-,12?/m1/s1. The number of non-ortho nitro benzene ring substituents is 1. The Kier molecular flexibility index (Phi) is 6.08. The molecule has 0 radical (unpaired) electrons. The number of phosphoric acid groups is 1. The highest BCUT2D eigenvalue weighted by Gasteiger charge is 2.45. The van der Waals surface area contributed by atoms with E-state index in [1.54, 1.807) is 0 Å². The molecule has 25 heavy (non-hydrogen) atoms. The molecule has 1 fully saturated rings. The Morgan fingerprint density at radius 2 is 1.72 bits per heavy atom. The first-order valence-electron chi connectivity index (χ1n) is 6.89. The largest absolute Gasteiger partial charge is 0.469 e. The summed E-state index contributed by atoms with van der Waals surface area (Å²) < 4.78 is 25.4. The number of benzene rings is 1. The minimum Gasteiger partial charge on any atom is -0.462 e. The average molecular weight is 381 g/mol. The second kappa shape index (κ2) is 7.72. The maximum atomic E-state index is 10.7. The van der Waals surface area contributed by atoms with Crippen LogP contribution in [-0.4, -0.2) is 67.3 Å². The van der Waals surface area contributed by atoms with Gasteiger partial charge in [-0.05, 0) is 12.1 Å². The van der Waals surface area contributed by atoms with Crippen molar-refractivity contribution < 1.29 is 48.6 Å². The number of aliphatic hydroxyl groups is 3. The molecule has 2 rings (SSSR count). The van der Waals surface area contributed by atoms with Crippen molar-refractivity contribution in [2.75, 3.05) is 6.61 Å². The Hall–Kier alpha value is -1.63. The molecule has 5 atom stereocenters. The Balaban J connectivity index is 2.07. The van der Waals surface area contributed by atoms with E-state index in [4.69, 9.17) is 19.3 Å². The van der Waals surface area contributed by atoms with Crippen LogP contribution in [0, 0.1) is 10.1 Å². The van der Waals surface area contributed by atoms with Crippen LogP contribution in [0.1, 0.15) is 0 Å². The summed E-state index contributed by atoms with van der Waals surface area (Å²) in [6, 6.07) is 4.74. The van der Waals surface area contributed by atoms with E-state index < -0.39 is 50.1 Å². The van der Waals surface area contributed by atoms with Crippen LogP contribution in [0.15, 0.2) is 24.3 Å². The number of nitrogens with zero attached hydrogens (tertiary/aromatic N) is 1. The number of nitro benzene ring substituents is 1. The second-order valence-corrected chi connectivity index (χ2v) is 6.41. The number of phosphoric ester groups is 1. The van der Waals surface area contributed by atoms with E-state index >= 15 is 0 Å². The highest BCUT2D eigenvalue weighted by molar-refractivity contribution is 7.46. The Morgan fingerprint density at radius 1 is 1.12 bits per heavy atom. The van der Waals surface area contributed by atoms with Gasteiger partial charge in [-0.3, -0.25) is 14.6 Å². The summed E-state index contributed by atoms with van der Waals surface area (Å²) in [5.74, 6) is 0.0629. The van der Waals surface area contributed by atoms with Crippen molar-refractivity contribution in [3.8, 4) is 5.75 Å². The minimum absolute atomic E-state index is 0.0629. The summed E-state index contributed by atoms with van der Waals surface area (Å²) in [4.78, 5) is 27.3. The van der Waals surface area contributed by atoms with Crippen molar-refractivity contribution in [1.29, 1.82) is 0 Å². The topological polar surface area (TPSA) is 189 Å². The minimum atomic E-state index is -4.84. The van der Waals surface area contributed by atoms with Gasteiger partial charge in [0, 0.05) is 12.1 Å². The fraction of sp³-hybridized carbons (Fsp3) is 0.500.